The number of halogens is 6. The third-order valence-electron chi connectivity index (χ3n) is 2.97. The van der Waals surface area contributed by atoms with Crippen LogP contribution in [0.15, 0.2) is 48.5 Å². The normalized spacial score (nSPS) is 12.3. The molecule has 21 heavy (non-hydrogen) atoms. The SMILES string of the molecule is FC(F)(F)c1ccc(Bc2ccc(C(F)(F)F)cc2)cc1. The Kier molecular flexibility index (Phi) is 4.03. The molecule has 0 saturated heterocycles. The summed E-state index contributed by atoms with van der Waals surface area (Å²) in [7, 11) is 0.274. The predicted octanol–water partition coefficient (Wildman–Crippen LogP) is 3.11. The molecule has 0 nitrogen and oxygen atoms in total. The van der Waals surface area contributed by atoms with E-state index in [4.69, 9.17) is 0 Å². The van der Waals surface area contributed by atoms with Crippen LogP contribution in [0.2, 0.25) is 0 Å². The summed E-state index contributed by atoms with van der Waals surface area (Å²) < 4.78 is 74.4. The molecule has 0 aliphatic carbocycles. The van der Waals surface area contributed by atoms with E-state index in [0.717, 1.165) is 24.3 Å². The van der Waals surface area contributed by atoms with Gasteiger partial charge in [-0.15, -0.1) is 0 Å². The van der Waals surface area contributed by atoms with Gasteiger partial charge >= 0.3 is 12.4 Å². The van der Waals surface area contributed by atoms with Crippen LogP contribution in [0.1, 0.15) is 11.1 Å². The van der Waals surface area contributed by atoms with Crippen molar-refractivity contribution in [3.63, 3.8) is 0 Å². The summed E-state index contributed by atoms with van der Waals surface area (Å²) in [6, 6.07) is 9.11. The van der Waals surface area contributed by atoms with E-state index in [9.17, 15) is 26.3 Å². The van der Waals surface area contributed by atoms with Crippen LogP contribution in [-0.4, -0.2) is 7.28 Å². The Morgan fingerprint density at radius 3 is 1.05 bits per heavy atom. The molecular formula is C14H9BF6. The van der Waals surface area contributed by atoms with Gasteiger partial charge < -0.3 is 0 Å². The van der Waals surface area contributed by atoms with Crippen molar-refractivity contribution in [2.75, 3.05) is 0 Å². The fraction of sp³-hybridized carbons (Fsp3) is 0.143. The zero-order valence-electron chi connectivity index (χ0n) is 10.6. The first-order chi connectivity index (χ1) is 9.66. The molecule has 0 aliphatic rings. The zero-order valence-corrected chi connectivity index (χ0v) is 10.6. The standard InChI is InChI=1S/C14H9BF6/c16-13(17,18)9-1-5-11(6-2-9)15-12-7-3-10(4-8-12)14(19,20)21/h1-8,15H. The van der Waals surface area contributed by atoms with Gasteiger partial charge in [-0.3, -0.25) is 0 Å². The summed E-state index contributed by atoms with van der Waals surface area (Å²) in [5, 5.41) is 0. The second-order valence-electron chi connectivity index (χ2n) is 4.57. The average molecular weight is 302 g/mol. The minimum atomic E-state index is -4.40. The molecule has 0 aromatic heterocycles. The maximum atomic E-state index is 12.4. The second-order valence-corrected chi connectivity index (χ2v) is 4.57. The topological polar surface area (TPSA) is 0 Å². The van der Waals surface area contributed by atoms with Crippen LogP contribution in [0, 0.1) is 0 Å². The molecule has 0 heterocycles. The fourth-order valence-corrected chi connectivity index (χ4v) is 1.86. The summed E-state index contributed by atoms with van der Waals surface area (Å²) in [6.07, 6.45) is -8.79. The highest BCUT2D eigenvalue weighted by molar-refractivity contribution is 6.67. The molecule has 0 N–H and O–H groups in total. The number of benzene rings is 2. The maximum absolute atomic E-state index is 12.4. The number of hydrogen-bond donors (Lipinski definition) is 0. The average Bonchev–Trinajstić information content (AvgIpc) is 2.38. The van der Waals surface area contributed by atoms with E-state index in [-0.39, 0.29) is 7.28 Å². The van der Waals surface area contributed by atoms with Gasteiger partial charge in [-0.25, -0.2) is 0 Å². The van der Waals surface area contributed by atoms with E-state index in [1.54, 1.807) is 0 Å². The van der Waals surface area contributed by atoms with Crippen LogP contribution in [0.4, 0.5) is 26.3 Å². The van der Waals surface area contributed by atoms with Crippen LogP contribution >= 0.6 is 0 Å². The summed E-state index contributed by atoms with van der Waals surface area (Å²) >= 11 is 0. The molecule has 0 unspecified atom stereocenters. The molecule has 0 aliphatic heterocycles. The Labute approximate surface area is 117 Å². The highest BCUT2D eigenvalue weighted by Crippen LogP contribution is 2.29. The quantitative estimate of drug-likeness (QED) is 0.591. The number of alkyl halides is 6. The van der Waals surface area contributed by atoms with Gasteiger partial charge in [0, 0.05) is 0 Å². The second kappa shape index (κ2) is 5.46. The van der Waals surface area contributed by atoms with Crippen molar-refractivity contribution in [1.29, 1.82) is 0 Å². The summed E-state index contributed by atoms with van der Waals surface area (Å²) in [4.78, 5) is 0. The molecule has 0 fully saturated rings. The van der Waals surface area contributed by atoms with Crippen LogP contribution in [-0.2, 0) is 12.4 Å². The van der Waals surface area contributed by atoms with Crippen LogP contribution in [0.25, 0.3) is 0 Å². The minimum Gasteiger partial charge on any atom is -0.166 e. The molecule has 0 atom stereocenters. The highest BCUT2D eigenvalue weighted by Gasteiger charge is 2.30. The van der Waals surface area contributed by atoms with Crippen LogP contribution < -0.4 is 10.9 Å². The minimum absolute atomic E-state index is 0.274. The number of hydrogen-bond acceptors (Lipinski definition) is 0. The van der Waals surface area contributed by atoms with Crippen molar-refractivity contribution >= 4 is 18.2 Å². The lowest BCUT2D eigenvalue weighted by atomic mass is 9.64. The predicted molar refractivity (Wildman–Crippen MR) is 69.3 cm³/mol. The van der Waals surface area contributed by atoms with E-state index in [1.165, 1.54) is 24.3 Å². The maximum Gasteiger partial charge on any atom is 0.416 e. The highest BCUT2D eigenvalue weighted by atomic mass is 19.4. The van der Waals surface area contributed by atoms with Crippen molar-refractivity contribution in [1.82, 2.24) is 0 Å². The first-order valence-electron chi connectivity index (χ1n) is 5.98. The Bertz CT molecular complexity index is 540. The Balaban J connectivity index is 2.12. The Hall–Kier alpha value is -1.92. The van der Waals surface area contributed by atoms with Crippen molar-refractivity contribution in [3.8, 4) is 0 Å². The van der Waals surface area contributed by atoms with Gasteiger partial charge in [-0.1, -0.05) is 59.5 Å². The lowest BCUT2D eigenvalue weighted by Crippen LogP contribution is -2.27. The van der Waals surface area contributed by atoms with Gasteiger partial charge in [-0.05, 0) is 0 Å². The number of rotatable bonds is 2. The van der Waals surface area contributed by atoms with Gasteiger partial charge in [0.05, 0.1) is 11.1 Å². The van der Waals surface area contributed by atoms with Gasteiger partial charge in [-0.2, -0.15) is 26.3 Å². The van der Waals surface area contributed by atoms with Crippen molar-refractivity contribution < 1.29 is 26.3 Å². The molecule has 0 radical (unpaired) electrons. The van der Waals surface area contributed by atoms with E-state index >= 15 is 0 Å². The molecule has 2 aromatic rings. The third kappa shape index (κ3) is 4.03. The largest absolute Gasteiger partial charge is 0.416 e. The molecule has 0 amide bonds. The van der Waals surface area contributed by atoms with Crippen molar-refractivity contribution in [2.24, 2.45) is 0 Å². The van der Waals surface area contributed by atoms with Gasteiger partial charge in [0.2, 0.25) is 0 Å². The van der Waals surface area contributed by atoms with E-state index in [2.05, 4.69) is 0 Å². The molecule has 2 rings (SSSR count). The van der Waals surface area contributed by atoms with Crippen molar-refractivity contribution in [3.05, 3.63) is 59.7 Å². The van der Waals surface area contributed by atoms with Crippen molar-refractivity contribution in [2.45, 2.75) is 12.4 Å². The molecule has 0 bridgehead atoms. The first-order valence-corrected chi connectivity index (χ1v) is 5.98. The summed E-state index contributed by atoms with van der Waals surface area (Å²) in [5.74, 6) is 0. The first kappa shape index (κ1) is 15.5. The van der Waals surface area contributed by atoms with Gasteiger partial charge in [0.15, 0.2) is 7.28 Å². The van der Waals surface area contributed by atoms with Gasteiger partial charge in [0.1, 0.15) is 0 Å². The lowest BCUT2D eigenvalue weighted by molar-refractivity contribution is -0.138. The fourth-order valence-electron chi connectivity index (χ4n) is 1.86. The van der Waals surface area contributed by atoms with E-state index < -0.39 is 23.5 Å². The molecule has 7 heteroatoms. The monoisotopic (exact) mass is 302 g/mol. The third-order valence-corrected chi connectivity index (χ3v) is 2.97. The van der Waals surface area contributed by atoms with Gasteiger partial charge in [0.25, 0.3) is 0 Å². The van der Waals surface area contributed by atoms with Crippen LogP contribution in [0.3, 0.4) is 0 Å². The Morgan fingerprint density at radius 1 is 0.524 bits per heavy atom. The zero-order chi connectivity index (χ0) is 15.7. The summed E-state index contributed by atoms with van der Waals surface area (Å²) in [5.41, 5.74) is -0.303. The molecule has 0 saturated carbocycles. The molecule has 0 spiro atoms. The van der Waals surface area contributed by atoms with Crippen LogP contribution in [0.5, 0.6) is 0 Å². The lowest BCUT2D eigenvalue weighted by Gasteiger charge is -2.08. The van der Waals surface area contributed by atoms with E-state index in [1.807, 2.05) is 0 Å². The van der Waals surface area contributed by atoms with E-state index in [0.29, 0.717) is 10.9 Å². The molecular weight excluding hydrogens is 293 g/mol. The summed E-state index contributed by atoms with van der Waals surface area (Å²) in [6.45, 7) is 0. The Morgan fingerprint density at radius 2 is 0.810 bits per heavy atom. The molecule has 2 aromatic carbocycles. The molecule has 110 valence electrons. The smallest absolute Gasteiger partial charge is 0.166 e.